The number of rotatable bonds is 4. The molecule has 1 N–H and O–H groups in total. The van der Waals surface area contributed by atoms with Gasteiger partial charge in [0.1, 0.15) is 5.82 Å². The van der Waals surface area contributed by atoms with Gasteiger partial charge >= 0.3 is 5.97 Å². The summed E-state index contributed by atoms with van der Waals surface area (Å²) in [5.74, 6) is 0.661. The molecule has 2 rings (SSSR count). The van der Waals surface area contributed by atoms with Gasteiger partial charge in [0.05, 0.1) is 16.6 Å². The molecule has 1 unspecified atom stereocenters. The van der Waals surface area contributed by atoms with Crippen LogP contribution in [0, 0.1) is 5.92 Å². The zero-order chi connectivity index (χ0) is 15.8. The van der Waals surface area contributed by atoms with E-state index in [0.717, 1.165) is 29.8 Å². The van der Waals surface area contributed by atoms with Crippen molar-refractivity contribution in [2.24, 2.45) is 5.92 Å². The third kappa shape index (κ3) is 3.09. The third-order valence-electron chi connectivity index (χ3n) is 3.86. The van der Waals surface area contributed by atoms with Gasteiger partial charge in [-0.25, -0.2) is 9.78 Å². The Morgan fingerprint density at radius 1 is 1.38 bits per heavy atom. The van der Waals surface area contributed by atoms with Crippen LogP contribution < -0.4 is 0 Å². The molecule has 1 heterocycles. The van der Waals surface area contributed by atoms with E-state index in [1.54, 1.807) is 12.1 Å². The highest BCUT2D eigenvalue weighted by molar-refractivity contribution is 5.92. The summed E-state index contributed by atoms with van der Waals surface area (Å²) in [5.41, 5.74) is 2.00. The van der Waals surface area contributed by atoms with Crippen molar-refractivity contribution < 1.29 is 9.90 Å². The van der Waals surface area contributed by atoms with Gasteiger partial charge < -0.3 is 9.67 Å². The topological polar surface area (TPSA) is 55.1 Å². The normalized spacial score (nSPS) is 13.6. The monoisotopic (exact) mass is 288 g/mol. The first-order valence-electron chi connectivity index (χ1n) is 7.48. The number of carboxylic acid groups (broad SMARTS) is 1. The summed E-state index contributed by atoms with van der Waals surface area (Å²) in [6, 6.07) is 5.20. The number of nitrogens with zero attached hydrogens (tertiary/aromatic N) is 2. The number of hydrogen-bond acceptors (Lipinski definition) is 2. The van der Waals surface area contributed by atoms with Crippen molar-refractivity contribution in [3.63, 3.8) is 0 Å². The number of fused-ring (bicyclic) bond motifs is 1. The second-order valence-electron chi connectivity index (χ2n) is 6.82. The summed E-state index contributed by atoms with van der Waals surface area (Å²) in [6.45, 7) is 11.7. The molecule has 0 amide bonds. The Labute approximate surface area is 125 Å². The maximum absolute atomic E-state index is 11.1. The van der Waals surface area contributed by atoms with E-state index in [-0.39, 0.29) is 11.0 Å². The fourth-order valence-electron chi connectivity index (χ4n) is 2.46. The van der Waals surface area contributed by atoms with Gasteiger partial charge in [-0.05, 0) is 24.1 Å². The molecule has 2 aromatic rings. The molecule has 0 saturated heterocycles. The lowest BCUT2D eigenvalue weighted by molar-refractivity contribution is 0.0697. The number of aromatic nitrogens is 2. The van der Waals surface area contributed by atoms with E-state index in [1.807, 2.05) is 6.07 Å². The van der Waals surface area contributed by atoms with E-state index in [9.17, 15) is 4.79 Å². The van der Waals surface area contributed by atoms with Crippen LogP contribution in [-0.4, -0.2) is 20.6 Å². The third-order valence-corrected chi connectivity index (χ3v) is 3.86. The number of hydrogen-bond donors (Lipinski definition) is 1. The Kier molecular flexibility index (Phi) is 4.08. The molecule has 114 valence electrons. The van der Waals surface area contributed by atoms with Gasteiger partial charge in [0.15, 0.2) is 0 Å². The Balaban J connectivity index is 2.64. The van der Waals surface area contributed by atoms with Crippen molar-refractivity contribution in [2.75, 3.05) is 0 Å². The number of benzene rings is 1. The fraction of sp³-hybridized carbons (Fsp3) is 0.529. The molecule has 1 aromatic heterocycles. The van der Waals surface area contributed by atoms with Crippen molar-refractivity contribution in [1.29, 1.82) is 0 Å². The molecule has 0 aliphatic heterocycles. The van der Waals surface area contributed by atoms with Crippen molar-refractivity contribution in [3.05, 3.63) is 29.6 Å². The fourth-order valence-corrected chi connectivity index (χ4v) is 2.46. The molecule has 0 saturated carbocycles. The minimum absolute atomic E-state index is 0.0735. The molecule has 0 bridgehead atoms. The van der Waals surface area contributed by atoms with Crippen LogP contribution in [0.4, 0.5) is 0 Å². The van der Waals surface area contributed by atoms with E-state index in [4.69, 9.17) is 10.1 Å². The Morgan fingerprint density at radius 2 is 2.05 bits per heavy atom. The number of carbonyl (C=O) groups is 1. The van der Waals surface area contributed by atoms with Crippen LogP contribution in [0.1, 0.15) is 57.2 Å². The molecular formula is C17H24N2O2. The van der Waals surface area contributed by atoms with E-state index in [2.05, 4.69) is 39.2 Å². The molecule has 4 heteroatoms. The van der Waals surface area contributed by atoms with E-state index in [0.29, 0.717) is 5.92 Å². The highest BCUT2D eigenvalue weighted by Crippen LogP contribution is 2.28. The second-order valence-corrected chi connectivity index (χ2v) is 6.82. The molecule has 0 fully saturated rings. The lowest BCUT2D eigenvalue weighted by atomic mass is 9.95. The predicted octanol–water partition coefficient (Wildman–Crippen LogP) is 4.08. The summed E-state index contributed by atoms with van der Waals surface area (Å²) in [7, 11) is 0. The van der Waals surface area contributed by atoms with Gasteiger partial charge in [-0.3, -0.25) is 0 Å². The lowest BCUT2D eigenvalue weighted by Crippen LogP contribution is -2.21. The molecule has 0 radical (unpaired) electrons. The molecule has 0 aliphatic carbocycles. The summed E-state index contributed by atoms with van der Waals surface area (Å²) < 4.78 is 2.25. The largest absolute Gasteiger partial charge is 0.478 e. The van der Waals surface area contributed by atoms with Crippen LogP contribution in [0.2, 0.25) is 0 Å². The molecular weight excluding hydrogens is 264 g/mol. The average molecular weight is 288 g/mol. The van der Waals surface area contributed by atoms with E-state index in [1.165, 1.54) is 0 Å². The molecule has 4 nitrogen and oxygen atoms in total. The van der Waals surface area contributed by atoms with Gasteiger partial charge in [-0.15, -0.1) is 0 Å². The first-order chi connectivity index (χ1) is 9.74. The van der Waals surface area contributed by atoms with E-state index < -0.39 is 5.97 Å². The summed E-state index contributed by atoms with van der Waals surface area (Å²) in [4.78, 5) is 15.8. The molecule has 21 heavy (non-hydrogen) atoms. The number of imidazole rings is 1. The zero-order valence-electron chi connectivity index (χ0n) is 13.5. The maximum atomic E-state index is 11.1. The van der Waals surface area contributed by atoms with Crippen LogP contribution in [0.15, 0.2) is 18.2 Å². The highest BCUT2D eigenvalue weighted by atomic mass is 16.4. The Bertz CT molecular complexity index is 665. The van der Waals surface area contributed by atoms with Crippen molar-refractivity contribution in [2.45, 2.75) is 53.0 Å². The van der Waals surface area contributed by atoms with E-state index >= 15 is 0 Å². The average Bonchev–Trinajstić information content (AvgIpc) is 2.76. The SMILES string of the molecule is CCC(C)Cn1c(C(C)(C)C)nc2cc(C(=O)O)ccc21. The van der Waals surface area contributed by atoms with Gasteiger partial charge in [-0.2, -0.15) is 0 Å². The van der Waals surface area contributed by atoms with Gasteiger partial charge in [0.2, 0.25) is 0 Å². The molecule has 0 spiro atoms. The molecule has 1 aromatic carbocycles. The lowest BCUT2D eigenvalue weighted by Gasteiger charge is -2.22. The van der Waals surface area contributed by atoms with Gasteiger partial charge in [0.25, 0.3) is 0 Å². The highest BCUT2D eigenvalue weighted by Gasteiger charge is 2.24. The standard InChI is InChI=1S/C17H24N2O2/c1-6-11(2)10-19-14-8-7-12(15(20)21)9-13(14)18-16(19)17(3,4)5/h7-9,11H,6,10H2,1-5H3,(H,20,21). The van der Waals surface area contributed by atoms with Crippen LogP contribution in [0.5, 0.6) is 0 Å². The summed E-state index contributed by atoms with van der Waals surface area (Å²) in [5, 5.41) is 9.13. The zero-order valence-corrected chi connectivity index (χ0v) is 13.5. The van der Waals surface area contributed by atoms with Crippen molar-refractivity contribution >= 4 is 17.0 Å². The van der Waals surface area contributed by atoms with Gasteiger partial charge in [-0.1, -0.05) is 41.0 Å². The quantitative estimate of drug-likeness (QED) is 0.922. The first-order valence-corrected chi connectivity index (χ1v) is 7.48. The summed E-state index contributed by atoms with van der Waals surface area (Å²) in [6.07, 6.45) is 1.11. The second kappa shape index (κ2) is 5.51. The van der Waals surface area contributed by atoms with Crippen molar-refractivity contribution in [1.82, 2.24) is 9.55 Å². The maximum Gasteiger partial charge on any atom is 0.335 e. The smallest absolute Gasteiger partial charge is 0.335 e. The minimum Gasteiger partial charge on any atom is -0.478 e. The first kappa shape index (κ1) is 15.5. The molecule has 0 aliphatic rings. The predicted molar refractivity (Wildman–Crippen MR) is 84.8 cm³/mol. The minimum atomic E-state index is -0.911. The number of aromatic carboxylic acids is 1. The molecule has 1 atom stereocenters. The Morgan fingerprint density at radius 3 is 2.57 bits per heavy atom. The van der Waals surface area contributed by atoms with Crippen LogP contribution in [0.3, 0.4) is 0 Å². The Hall–Kier alpha value is -1.84. The van der Waals surface area contributed by atoms with Crippen LogP contribution in [0.25, 0.3) is 11.0 Å². The van der Waals surface area contributed by atoms with Gasteiger partial charge in [0, 0.05) is 12.0 Å². The summed E-state index contributed by atoms with van der Waals surface area (Å²) >= 11 is 0. The van der Waals surface area contributed by atoms with Crippen molar-refractivity contribution in [3.8, 4) is 0 Å². The number of carboxylic acids is 1. The van der Waals surface area contributed by atoms with Crippen LogP contribution in [-0.2, 0) is 12.0 Å². The van der Waals surface area contributed by atoms with Crippen LogP contribution >= 0.6 is 0 Å².